The summed E-state index contributed by atoms with van der Waals surface area (Å²) in [6.07, 6.45) is 5.11. The van der Waals surface area contributed by atoms with Gasteiger partial charge in [0.25, 0.3) is 0 Å². The second kappa shape index (κ2) is 5.44. The lowest BCUT2D eigenvalue weighted by molar-refractivity contribution is -0.140. The highest BCUT2D eigenvalue weighted by Gasteiger charge is 2.47. The largest absolute Gasteiger partial charge is 0.463 e. The summed E-state index contributed by atoms with van der Waals surface area (Å²) in [5.41, 5.74) is 0.625. The van der Waals surface area contributed by atoms with Crippen molar-refractivity contribution in [3.8, 4) is 0 Å². The Morgan fingerprint density at radius 2 is 1.86 bits per heavy atom. The highest BCUT2D eigenvalue weighted by Crippen LogP contribution is 2.36. The molecule has 6 heteroatoms. The number of rotatable bonds is 3. The highest BCUT2D eigenvalue weighted by atomic mass is 16.5. The molecule has 3 rings (SSSR count). The van der Waals surface area contributed by atoms with Crippen LogP contribution in [-0.4, -0.2) is 29.8 Å². The van der Waals surface area contributed by atoms with E-state index in [-0.39, 0.29) is 36.0 Å². The van der Waals surface area contributed by atoms with Crippen LogP contribution in [0.3, 0.4) is 0 Å². The summed E-state index contributed by atoms with van der Waals surface area (Å²) in [7, 11) is 1.27. The first-order valence-electron chi connectivity index (χ1n) is 7.20. The van der Waals surface area contributed by atoms with Crippen molar-refractivity contribution in [3.05, 3.63) is 35.3 Å². The lowest BCUT2D eigenvalue weighted by Crippen LogP contribution is -2.30. The summed E-state index contributed by atoms with van der Waals surface area (Å²) in [6.45, 7) is 1.78. The van der Waals surface area contributed by atoms with E-state index in [2.05, 4.69) is 4.74 Å². The molecule has 22 heavy (non-hydrogen) atoms. The molecule has 0 N–H and O–H groups in total. The van der Waals surface area contributed by atoms with Crippen LogP contribution in [0.4, 0.5) is 0 Å². The predicted molar refractivity (Wildman–Crippen MR) is 75.7 cm³/mol. The summed E-state index contributed by atoms with van der Waals surface area (Å²) in [5.74, 6) is -0.883. The summed E-state index contributed by atoms with van der Waals surface area (Å²) in [5, 5.41) is 0. The molecule has 0 unspecified atom stereocenters. The molecule has 1 aromatic heterocycles. The van der Waals surface area contributed by atoms with Gasteiger partial charge in [-0.05, 0) is 25.8 Å². The minimum Gasteiger partial charge on any atom is -0.463 e. The van der Waals surface area contributed by atoms with Crippen LogP contribution in [0.2, 0.25) is 0 Å². The molecule has 2 atom stereocenters. The molecule has 0 saturated carbocycles. The first kappa shape index (κ1) is 14.6. The average molecular weight is 303 g/mol. The van der Waals surface area contributed by atoms with E-state index in [1.54, 1.807) is 13.0 Å². The number of imide groups is 1. The number of likely N-dealkylation sites (tertiary alicyclic amines) is 1. The number of hydrogen-bond donors (Lipinski definition) is 0. The van der Waals surface area contributed by atoms with Crippen LogP contribution in [0.5, 0.6) is 0 Å². The van der Waals surface area contributed by atoms with E-state index in [9.17, 15) is 14.4 Å². The standard InChI is InChI=1S/C16H17NO5/c1-9-7-10(22-13(9)16(20)21-2)8-17-14(18)11-5-3-4-6-12(11)15(17)19/h3-4,7,11-12H,5-6,8H2,1-2H3/t11-,12+. The molecule has 0 bridgehead atoms. The van der Waals surface area contributed by atoms with Crippen molar-refractivity contribution in [2.45, 2.75) is 26.3 Å². The number of methoxy groups -OCH3 is 1. The fourth-order valence-corrected chi connectivity index (χ4v) is 3.10. The molecule has 116 valence electrons. The zero-order valence-electron chi connectivity index (χ0n) is 12.5. The minimum atomic E-state index is -0.569. The zero-order chi connectivity index (χ0) is 15.9. The number of carbonyl (C=O) groups excluding carboxylic acids is 3. The Hall–Kier alpha value is -2.37. The molecule has 6 nitrogen and oxygen atoms in total. The summed E-state index contributed by atoms with van der Waals surface area (Å²) in [6, 6.07) is 1.66. The maximum atomic E-state index is 12.4. The number of aryl methyl sites for hydroxylation is 1. The van der Waals surface area contributed by atoms with Gasteiger partial charge in [0.15, 0.2) is 0 Å². The third kappa shape index (κ3) is 2.24. The van der Waals surface area contributed by atoms with Gasteiger partial charge in [-0.2, -0.15) is 0 Å². The number of ether oxygens (including phenoxy) is 1. The number of allylic oxidation sites excluding steroid dienone is 2. The number of esters is 1. The first-order chi connectivity index (χ1) is 10.5. The zero-order valence-corrected chi connectivity index (χ0v) is 12.5. The van der Waals surface area contributed by atoms with E-state index in [0.717, 1.165) is 0 Å². The van der Waals surface area contributed by atoms with E-state index in [1.165, 1.54) is 12.0 Å². The summed E-state index contributed by atoms with van der Waals surface area (Å²) >= 11 is 0. The highest BCUT2D eigenvalue weighted by molar-refractivity contribution is 6.05. The van der Waals surface area contributed by atoms with Crippen LogP contribution in [0, 0.1) is 18.8 Å². The minimum absolute atomic E-state index is 0.0580. The van der Waals surface area contributed by atoms with E-state index in [1.807, 2.05) is 12.2 Å². The molecule has 1 fully saturated rings. The van der Waals surface area contributed by atoms with E-state index >= 15 is 0 Å². The SMILES string of the molecule is COC(=O)c1oc(CN2C(=O)[C@H]3CC=CC[C@H]3C2=O)cc1C. The Bertz CT molecular complexity index is 646. The van der Waals surface area contributed by atoms with Gasteiger partial charge in [-0.25, -0.2) is 4.79 Å². The monoisotopic (exact) mass is 303 g/mol. The molecule has 1 aliphatic heterocycles. The van der Waals surface area contributed by atoms with Crippen LogP contribution in [0.25, 0.3) is 0 Å². The molecule has 1 saturated heterocycles. The van der Waals surface area contributed by atoms with Crippen molar-refractivity contribution in [3.63, 3.8) is 0 Å². The topological polar surface area (TPSA) is 76.8 Å². The van der Waals surface area contributed by atoms with Gasteiger partial charge < -0.3 is 9.15 Å². The smallest absolute Gasteiger partial charge is 0.374 e. The molecule has 0 aromatic carbocycles. The van der Waals surface area contributed by atoms with Crippen molar-refractivity contribution >= 4 is 17.8 Å². The van der Waals surface area contributed by atoms with Crippen molar-refractivity contribution in [2.24, 2.45) is 11.8 Å². The third-order valence-corrected chi connectivity index (χ3v) is 4.25. The van der Waals surface area contributed by atoms with Gasteiger partial charge in [0, 0.05) is 5.56 Å². The van der Waals surface area contributed by atoms with Crippen LogP contribution in [0.15, 0.2) is 22.6 Å². The average Bonchev–Trinajstić information content (AvgIpc) is 3.01. The normalized spacial score (nSPS) is 23.8. The quantitative estimate of drug-likeness (QED) is 0.483. The molecular formula is C16H17NO5. The Morgan fingerprint density at radius 1 is 1.27 bits per heavy atom. The molecule has 2 heterocycles. The maximum Gasteiger partial charge on any atom is 0.374 e. The predicted octanol–water partition coefficient (Wildman–Crippen LogP) is 1.83. The number of amides is 2. The van der Waals surface area contributed by atoms with Crippen LogP contribution < -0.4 is 0 Å². The van der Waals surface area contributed by atoms with Crippen LogP contribution >= 0.6 is 0 Å². The Balaban J connectivity index is 1.80. The number of nitrogens with zero attached hydrogens (tertiary/aromatic N) is 1. The van der Waals surface area contributed by atoms with Gasteiger partial charge in [0.1, 0.15) is 5.76 Å². The molecule has 2 amide bonds. The number of fused-ring (bicyclic) bond motifs is 1. The van der Waals surface area contributed by atoms with Crippen molar-refractivity contribution in [2.75, 3.05) is 7.11 Å². The molecule has 0 radical (unpaired) electrons. The molecule has 1 aliphatic carbocycles. The number of hydrogen-bond acceptors (Lipinski definition) is 5. The van der Waals surface area contributed by atoms with Gasteiger partial charge in [-0.1, -0.05) is 12.2 Å². The van der Waals surface area contributed by atoms with Gasteiger partial charge in [-0.15, -0.1) is 0 Å². The Morgan fingerprint density at radius 3 is 2.41 bits per heavy atom. The maximum absolute atomic E-state index is 12.4. The Kier molecular flexibility index (Phi) is 3.60. The van der Waals surface area contributed by atoms with Crippen molar-refractivity contribution in [1.82, 2.24) is 4.90 Å². The molecular weight excluding hydrogens is 286 g/mol. The second-order valence-electron chi connectivity index (χ2n) is 5.63. The van der Waals surface area contributed by atoms with Gasteiger partial charge in [-0.3, -0.25) is 14.5 Å². The lowest BCUT2D eigenvalue weighted by atomic mass is 9.85. The third-order valence-electron chi connectivity index (χ3n) is 4.25. The molecule has 0 spiro atoms. The Labute approximate surface area is 127 Å². The molecule has 2 aliphatic rings. The fourth-order valence-electron chi connectivity index (χ4n) is 3.10. The van der Waals surface area contributed by atoms with Gasteiger partial charge >= 0.3 is 5.97 Å². The fraction of sp³-hybridized carbons (Fsp3) is 0.438. The first-order valence-corrected chi connectivity index (χ1v) is 7.20. The van der Waals surface area contributed by atoms with Crippen molar-refractivity contribution in [1.29, 1.82) is 0 Å². The number of furan rings is 1. The van der Waals surface area contributed by atoms with E-state index in [4.69, 9.17) is 4.42 Å². The summed E-state index contributed by atoms with van der Waals surface area (Å²) in [4.78, 5) is 37.5. The lowest BCUT2D eigenvalue weighted by Gasteiger charge is -2.14. The number of carbonyl (C=O) groups is 3. The van der Waals surface area contributed by atoms with Crippen molar-refractivity contribution < 1.29 is 23.5 Å². The van der Waals surface area contributed by atoms with Crippen LogP contribution in [0.1, 0.15) is 34.7 Å². The molecule has 1 aromatic rings. The summed E-state index contributed by atoms with van der Waals surface area (Å²) < 4.78 is 10.1. The van der Waals surface area contributed by atoms with Crippen LogP contribution in [-0.2, 0) is 20.9 Å². The van der Waals surface area contributed by atoms with E-state index < -0.39 is 5.97 Å². The second-order valence-corrected chi connectivity index (χ2v) is 5.63. The van der Waals surface area contributed by atoms with Gasteiger partial charge in [0.05, 0.1) is 25.5 Å². The van der Waals surface area contributed by atoms with Gasteiger partial charge in [0.2, 0.25) is 17.6 Å². The van der Waals surface area contributed by atoms with E-state index in [0.29, 0.717) is 24.2 Å².